The first-order valence-electron chi connectivity index (χ1n) is 7.16. The number of anilines is 2. The molecule has 21 heavy (non-hydrogen) atoms. The van der Waals surface area contributed by atoms with Gasteiger partial charge >= 0.3 is 0 Å². The molecule has 0 aliphatic rings. The molecule has 0 heterocycles. The molecule has 0 bridgehead atoms. The number of carbonyl (C=O) groups excluding carboxylic acids is 1. The molecular weight excluding hydrogens is 286 g/mol. The van der Waals surface area contributed by atoms with Gasteiger partial charge in [0.1, 0.15) is 0 Å². The maximum absolute atomic E-state index is 12.0. The average molecular weight is 312 g/mol. The van der Waals surface area contributed by atoms with E-state index in [9.17, 15) is 4.79 Å². The Morgan fingerprint density at radius 3 is 2.57 bits per heavy atom. The molecule has 0 radical (unpaired) electrons. The van der Waals surface area contributed by atoms with Gasteiger partial charge in [0.2, 0.25) is 5.91 Å². The number of halogens is 1. The Labute approximate surface area is 132 Å². The minimum Gasteiger partial charge on any atom is -0.397 e. The van der Waals surface area contributed by atoms with Gasteiger partial charge in [-0.3, -0.25) is 4.79 Å². The Hall–Kier alpha value is -1.26. The molecule has 1 amide bonds. The first kappa shape index (κ1) is 17.8. The first-order chi connectivity index (χ1) is 9.61. The summed E-state index contributed by atoms with van der Waals surface area (Å²) < 4.78 is 0. The van der Waals surface area contributed by atoms with Crippen LogP contribution in [0.15, 0.2) is 18.2 Å². The SMILES string of the molecule is CC(N(C)CCC(=O)Nc1ccc(Cl)cc1N)C(C)(C)C. The molecule has 1 atom stereocenters. The molecule has 3 N–H and O–H groups in total. The van der Waals surface area contributed by atoms with Gasteiger partial charge in [0, 0.05) is 24.0 Å². The number of benzene rings is 1. The molecule has 4 nitrogen and oxygen atoms in total. The van der Waals surface area contributed by atoms with Crippen LogP contribution in [0.4, 0.5) is 11.4 Å². The third-order valence-electron chi connectivity index (χ3n) is 3.89. The van der Waals surface area contributed by atoms with Crippen molar-refractivity contribution in [3.05, 3.63) is 23.2 Å². The predicted molar refractivity (Wildman–Crippen MR) is 90.7 cm³/mol. The standard InChI is InChI=1S/C16H26ClN3O/c1-11(16(2,3)4)20(5)9-8-15(21)19-14-7-6-12(17)10-13(14)18/h6-7,10-11H,8-9,18H2,1-5H3,(H,19,21). The average Bonchev–Trinajstić information content (AvgIpc) is 2.37. The summed E-state index contributed by atoms with van der Waals surface area (Å²) >= 11 is 5.83. The lowest BCUT2D eigenvalue weighted by atomic mass is 9.87. The van der Waals surface area contributed by atoms with Crippen LogP contribution in [0.25, 0.3) is 0 Å². The van der Waals surface area contributed by atoms with Gasteiger partial charge in [-0.1, -0.05) is 32.4 Å². The van der Waals surface area contributed by atoms with Gasteiger partial charge in [-0.25, -0.2) is 0 Å². The highest BCUT2D eigenvalue weighted by molar-refractivity contribution is 6.31. The number of carbonyl (C=O) groups is 1. The quantitative estimate of drug-likeness (QED) is 0.817. The van der Waals surface area contributed by atoms with E-state index in [0.29, 0.717) is 35.4 Å². The fraction of sp³-hybridized carbons (Fsp3) is 0.562. The van der Waals surface area contributed by atoms with Crippen molar-refractivity contribution in [3.8, 4) is 0 Å². The molecule has 0 aliphatic carbocycles. The van der Waals surface area contributed by atoms with Crippen LogP contribution < -0.4 is 11.1 Å². The summed E-state index contributed by atoms with van der Waals surface area (Å²) in [6.45, 7) is 9.47. The van der Waals surface area contributed by atoms with Crippen molar-refractivity contribution in [2.45, 2.75) is 40.2 Å². The zero-order valence-electron chi connectivity index (χ0n) is 13.5. The third-order valence-corrected chi connectivity index (χ3v) is 4.13. The summed E-state index contributed by atoms with van der Waals surface area (Å²) in [5.41, 5.74) is 7.09. The summed E-state index contributed by atoms with van der Waals surface area (Å²) in [5.74, 6) is -0.0445. The number of nitrogens with two attached hydrogens (primary N) is 1. The largest absolute Gasteiger partial charge is 0.397 e. The number of hydrogen-bond acceptors (Lipinski definition) is 3. The smallest absolute Gasteiger partial charge is 0.225 e. The maximum Gasteiger partial charge on any atom is 0.225 e. The van der Waals surface area contributed by atoms with Crippen LogP contribution in [0.1, 0.15) is 34.1 Å². The molecule has 1 aromatic carbocycles. The van der Waals surface area contributed by atoms with Crippen LogP contribution >= 0.6 is 11.6 Å². The molecule has 5 heteroatoms. The zero-order valence-corrected chi connectivity index (χ0v) is 14.3. The van der Waals surface area contributed by atoms with Crippen molar-refractivity contribution >= 4 is 28.9 Å². The van der Waals surface area contributed by atoms with Crippen molar-refractivity contribution in [1.82, 2.24) is 4.90 Å². The van der Waals surface area contributed by atoms with E-state index in [2.05, 4.69) is 37.9 Å². The van der Waals surface area contributed by atoms with Gasteiger partial charge in [0.15, 0.2) is 0 Å². The summed E-state index contributed by atoms with van der Waals surface area (Å²) in [7, 11) is 2.04. The highest BCUT2D eigenvalue weighted by Crippen LogP contribution is 2.24. The lowest BCUT2D eigenvalue weighted by molar-refractivity contribution is -0.116. The van der Waals surface area contributed by atoms with Crippen LogP contribution in [-0.4, -0.2) is 30.4 Å². The number of rotatable bonds is 5. The molecule has 0 spiro atoms. The van der Waals surface area contributed by atoms with Crippen molar-refractivity contribution in [2.75, 3.05) is 24.6 Å². The third kappa shape index (κ3) is 5.56. The van der Waals surface area contributed by atoms with E-state index in [1.54, 1.807) is 18.2 Å². The highest BCUT2D eigenvalue weighted by atomic mass is 35.5. The fourth-order valence-electron chi connectivity index (χ4n) is 1.99. The number of amides is 1. The molecule has 0 aromatic heterocycles. The predicted octanol–water partition coefficient (Wildman–Crippen LogP) is 3.62. The minimum atomic E-state index is -0.0445. The topological polar surface area (TPSA) is 58.4 Å². The van der Waals surface area contributed by atoms with Gasteiger partial charge in [-0.15, -0.1) is 0 Å². The minimum absolute atomic E-state index is 0.0445. The monoisotopic (exact) mass is 311 g/mol. The Morgan fingerprint density at radius 2 is 2.05 bits per heavy atom. The van der Waals surface area contributed by atoms with Crippen molar-refractivity contribution in [2.24, 2.45) is 5.41 Å². The van der Waals surface area contributed by atoms with Gasteiger partial charge in [-0.2, -0.15) is 0 Å². The normalized spacial score (nSPS) is 13.3. The Kier molecular flexibility index (Phi) is 6.05. The molecule has 1 unspecified atom stereocenters. The van der Waals surface area contributed by atoms with Gasteiger partial charge in [0.25, 0.3) is 0 Å². The second kappa shape index (κ2) is 7.14. The van der Waals surface area contributed by atoms with E-state index in [1.807, 2.05) is 7.05 Å². The van der Waals surface area contributed by atoms with E-state index in [4.69, 9.17) is 17.3 Å². The number of nitrogens with one attached hydrogen (secondary N) is 1. The van der Waals surface area contributed by atoms with E-state index >= 15 is 0 Å². The summed E-state index contributed by atoms with van der Waals surface area (Å²) in [5, 5.41) is 3.38. The van der Waals surface area contributed by atoms with Gasteiger partial charge in [-0.05, 0) is 37.6 Å². The first-order valence-corrected chi connectivity index (χ1v) is 7.54. The van der Waals surface area contributed by atoms with E-state index in [0.717, 1.165) is 0 Å². The molecule has 1 rings (SSSR count). The molecule has 0 aliphatic heterocycles. The number of hydrogen-bond donors (Lipinski definition) is 2. The van der Waals surface area contributed by atoms with E-state index < -0.39 is 0 Å². The molecule has 118 valence electrons. The zero-order chi connectivity index (χ0) is 16.2. The van der Waals surface area contributed by atoms with Gasteiger partial charge in [0.05, 0.1) is 11.4 Å². The molecule has 0 saturated heterocycles. The van der Waals surface area contributed by atoms with Crippen LogP contribution in [0.3, 0.4) is 0 Å². The van der Waals surface area contributed by atoms with Crippen LogP contribution in [0.2, 0.25) is 5.02 Å². The van der Waals surface area contributed by atoms with Crippen LogP contribution in [0, 0.1) is 5.41 Å². The summed E-state index contributed by atoms with van der Waals surface area (Å²) in [4.78, 5) is 14.2. The summed E-state index contributed by atoms with van der Waals surface area (Å²) in [6, 6.07) is 5.45. The number of nitrogen functional groups attached to an aromatic ring is 1. The van der Waals surface area contributed by atoms with Crippen molar-refractivity contribution in [1.29, 1.82) is 0 Å². The highest BCUT2D eigenvalue weighted by Gasteiger charge is 2.23. The van der Waals surface area contributed by atoms with E-state index in [1.165, 1.54) is 0 Å². The molecule has 1 aromatic rings. The lowest BCUT2D eigenvalue weighted by Crippen LogP contribution is -2.40. The maximum atomic E-state index is 12.0. The summed E-state index contributed by atoms with van der Waals surface area (Å²) in [6.07, 6.45) is 0.430. The van der Waals surface area contributed by atoms with Crippen molar-refractivity contribution < 1.29 is 4.79 Å². The second-order valence-electron chi connectivity index (χ2n) is 6.55. The van der Waals surface area contributed by atoms with Crippen LogP contribution in [0.5, 0.6) is 0 Å². The second-order valence-corrected chi connectivity index (χ2v) is 6.99. The lowest BCUT2D eigenvalue weighted by Gasteiger charge is -2.35. The molecule has 0 fully saturated rings. The molecular formula is C16H26ClN3O. The van der Waals surface area contributed by atoms with E-state index in [-0.39, 0.29) is 11.3 Å². The van der Waals surface area contributed by atoms with Crippen LogP contribution in [-0.2, 0) is 4.79 Å². The Balaban J connectivity index is 2.51. The molecule has 0 saturated carbocycles. The van der Waals surface area contributed by atoms with Gasteiger partial charge < -0.3 is 16.0 Å². The van der Waals surface area contributed by atoms with Crippen molar-refractivity contribution in [3.63, 3.8) is 0 Å². The number of nitrogens with zero attached hydrogens (tertiary/aromatic N) is 1. The Bertz CT molecular complexity index is 497. The Morgan fingerprint density at radius 1 is 1.43 bits per heavy atom. The fourth-order valence-corrected chi connectivity index (χ4v) is 2.17.